The van der Waals surface area contributed by atoms with Crippen LogP contribution in [0, 0.1) is 35.1 Å². The molecule has 58 heavy (non-hydrogen) atoms. The lowest BCUT2D eigenvalue weighted by Gasteiger charge is -2.17. The Hall–Kier alpha value is -5.67. The van der Waals surface area contributed by atoms with Crippen molar-refractivity contribution in [3.8, 4) is 0 Å². The number of nitrogens with two attached hydrogens (primary N) is 2. The minimum atomic E-state index is -0.574. The lowest BCUT2D eigenvalue weighted by atomic mass is 9.98. The van der Waals surface area contributed by atoms with E-state index in [2.05, 4.69) is 5.32 Å². The van der Waals surface area contributed by atoms with Crippen molar-refractivity contribution in [2.75, 3.05) is 37.6 Å². The summed E-state index contributed by atoms with van der Waals surface area (Å²) in [6.45, 7) is 3.20. The van der Waals surface area contributed by atoms with E-state index in [9.17, 15) is 36.7 Å². The minimum Gasteiger partial charge on any atom is -0.398 e. The number of aryl methyl sites for hydroxylation is 3. The topological polar surface area (TPSA) is 150 Å². The van der Waals surface area contributed by atoms with Crippen molar-refractivity contribution in [1.29, 1.82) is 0 Å². The molecule has 2 fully saturated rings. The normalized spacial score (nSPS) is 15.5. The van der Waals surface area contributed by atoms with Gasteiger partial charge in [0, 0.05) is 94.5 Å². The van der Waals surface area contributed by atoms with Gasteiger partial charge in [-0.15, -0.1) is 12.4 Å². The van der Waals surface area contributed by atoms with Gasteiger partial charge < -0.3 is 35.4 Å². The summed E-state index contributed by atoms with van der Waals surface area (Å²) in [4.78, 5) is 47.0. The average molecular weight is 828 g/mol. The van der Waals surface area contributed by atoms with Crippen molar-refractivity contribution in [2.45, 2.75) is 32.1 Å². The molecule has 0 aliphatic carbocycles. The van der Waals surface area contributed by atoms with Gasteiger partial charge in [-0.3, -0.25) is 19.2 Å². The Morgan fingerprint density at radius 2 is 1.09 bits per heavy atom. The lowest BCUT2D eigenvalue weighted by molar-refractivity contribution is -0.129. The number of benzene rings is 2. The monoisotopic (exact) mass is 827 g/mol. The first kappa shape index (κ1) is 46.7. The number of hydrogen-bond acceptors (Lipinski definition) is 7. The molecule has 11 nitrogen and oxygen atoms in total. The number of aromatic nitrogens is 3. The third-order valence-corrected chi connectivity index (χ3v) is 9.41. The summed E-state index contributed by atoms with van der Waals surface area (Å²) in [6, 6.07) is 16.5. The summed E-state index contributed by atoms with van der Waals surface area (Å²) in [5.74, 6) is -1.38. The Labute approximate surface area is 340 Å². The van der Waals surface area contributed by atoms with Gasteiger partial charge in [-0.05, 0) is 104 Å². The Balaban J connectivity index is 0.000000229. The van der Waals surface area contributed by atoms with Gasteiger partial charge in [0.25, 0.3) is 0 Å². The molecule has 16 heteroatoms. The van der Waals surface area contributed by atoms with Crippen LogP contribution in [0.5, 0.6) is 0 Å². The molecule has 2 aliphatic rings. The van der Waals surface area contributed by atoms with Crippen LogP contribution in [0.2, 0.25) is 0 Å². The number of amides is 1. The molecule has 0 bridgehead atoms. The molecule has 7 rings (SSSR count). The molecule has 1 amide bonds. The van der Waals surface area contributed by atoms with Gasteiger partial charge in [0.1, 0.15) is 23.3 Å². The molecule has 5 heterocycles. The van der Waals surface area contributed by atoms with E-state index >= 15 is 0 Å². The first-order valence-corrected chi connectivity index (χ1v) is 18.4. The van der Waals surface area contributed by atoms with Crippen molar-refractivity contribution < 1.29 is 22.4 Å². The van der Waals surface area contributed by atoms with E-state index in [1.165, 1.54) is 56.2 Å². The van der Waals surface area contributed by atoms with E-state index in [0.717, 1.165) is 55.6 Å². The average Bonchev–Trinajstić information content (AvgIpc) is 3.83. The van der Waals surface area contributed by atoms with Crippen LogP contribution in [0.25, 0.3) is 0 Å². The number of hydrogen-bond donors (Lipinski definition) is 3. The fourth-order valence-corrected chi connectivity index (χ4v) is 6.51. The molecule has 5 N–H and O–H groups in total. The summed E-state index contributed by atoms with van der Waals surface area (Å²) < 4.78 is 56.6. The Morgan fingerprint density at radius 3 is 1.50 bits per heavy atom. The van der Waals surface area contributed by atoms with Crippen molar-refractivity contribution >= 4 is 29.7 Å². The second-order valence-electron chi connectivity index (χ2n) is 14.3. The minimum absolute atomic E-state index is 0. The lowest BCUT2D eigenvalue weighted by Crippen LogP contribution is -2.30. The number of anilines is 2. The predicted octanol–water partition coefficient (Wildman–Crippen LogP) is 4.77. The van der Waals surface area contributed by atoms with E-state index in [4.69, 9.17) is 11.5 Å². The number of carbonyl (C=O) groups excluding carboxylic acids is 1. The molecule has 0 spiro atoms. The molecule has 2 aliphatic heterocycles. The van der Waals surface area contributed by atoms with Crippen molar-refractivity contribution in [3.63, 3.8) is 0 Å². The maximum atomic E-state index is 13.3. The molecule has 3 aromatic heterocycles. The van der Waals surface area contributed by atoms with Crippen LogP contribution in [0.4, 0.5) is 28.9 Å². The van der Waals surface area contributed by atoms with E-state index < -0.39 is 23.3 Å². The van der Waals surface area contributed by atoms with E-state index in [1.807, 2.05) is 0 Å². The van der Waals surface area contributed by atoms with Crippen molar-refractivity contribution in [1.82, 2.24) is 23.9 Å². The summed E-state index contributed by atoms with van der Waals surface area (Å²) in [7, 11) is 4.98. The molecular weight excluding hydrogens is 778 g/mol. The third-order valence-electron chi connectivity index (χ3n) is 9.41. The molecule has 2 unspecified atom stereocenters. The predicted molar refractivity (Wildman–Crippen MR) is 221 cm³/mol. The van der Waals surface area contributed by atoms with Crippen LogP contribution < -0.4 is 33.5 Å². The number of pyridine rings is 3. The highest BCUT2D eigenvalue weighted by molar-refractivity contribution is 5.85. The van der Waals surface area contributed by atoms with Crippen LogP contribution >= 0.6 is 12.4 Å². The zero-order valence-corrected chi connectivity index (χ0v) is 33.5. The SMILES string of the molecule is Cl.Cn1cc(CC(=O)N2CCC(Cc3cc(F)cc(F)c3)C2)ccc1=O.Cn1cc(N)ccc1=O.Cn1cc(N)ccc1=O.Fc1cc(F)cc(CC2CCNC2)c1. The number of halogens is 5. The number of likely N-dealkylation sites (tertiary alicyclic amines) is 1. The highest BCUT2D eigenvalue weighted by atomic mass is 35.5. The first-order valence-electron chi connectivity index (χ1n) is 18.4. The number of nitrogens with zero attached hydrogens (tertiary/aromatic N) is 4. The van der Waals surface area contributed by atoms with Gasteiger partial charge in [0.15, 0.2) is 0 Å². The maximum Gasteiger partial charge on any atom is 0.250 e. The van der Waals surface area contributed by atoms with Gasteiger partial charge in [0.2, 0.25) is 22.6 Å². The van der Waals surface area contributed by atoms with Crippen LogP contribution in [0.3, 0.4) is 0 Å². The number of carbonyl (C=O) groups is 1. The number of rotatable bonds is 6. The molecule has 2 atom stereocenters. The van der Waals surface area contributed by atoms with Gasteiger partial charge >= 0.3 is 0 Å². The second kappa shape index (κ2) is 22.3. The van der Waals surface area contributed by atoms with E-state index in [1.54, 1.807) is 62.8 Å². The van der Waals surface area contributed by atoms with Crippen LogP contribution in [0.15, 0.2) is 106 Å². The maximum absolute atomic E-state index is 13.3. The quantitative estimate of drug-likeness (QED) is 0.209. The molecule has 5 aromatic rings. The third kappa shape index (κ3) is 15.3. The van der Waals surface area contributed by atoms with E-state index in [-0.39, 0.29) is 47.3 Å². The Bertz CT molecular complexity index is 2210. The van der Waals surface area contributed by atoms with Gasteiger partial charge in [-0.25, -0.2) is 17.6 Å². The molecule has 2 saturated heterocycles. The summed E-state index contributed by atoms with van der Waals surface area (Å²) in [5.41, 5.74) is 13.9. The standard InChI is InChI=1S/C19H20F2N2O2.C11H13F2N.2C6H8N2O.ClH/c1-22-11-13(2-3-18(22)24)9-19(25)23-5-4-14(12-23)6-15-7-16(20)10-17(21)8-15;12-10-4-9(5-11(13)6-10)3-8-1-2-14-7-8;2*1-8-4-5(7)2-3-6(8)9;/h2-3,7-8,10-11,14H,4-6,9,12H2,1H3;4-6,8,14H,1-3,7H2;2*2-4H,7H2,1H3;1H. The molecule has 312 valence electrons. The smallest absolute Gasteiger partial charge is 0.250 e. The fourth-order valence-electron chi connectivity index (χ4n) is 6.51. The molecule has 2 aromatic carbocycles. The van der Waals surface area contributed by atoms with Crippen molar-refractivity contribution in [2.24, 2.45) is 33.0 Å². The van der Waals surface area contributed by atoms with Gasteiger partial charge in [-0.2, -0.15) is 0 Å². The van der Waals surface area contributed by atoms with Crippen LogP contribution in [0.1, 0.15) is 29.5 Å². The highest BCUT2D eigenvalue weighted by Gasteiger charge is 2.26. The zero-order chi connectivity index (χ0) is 41.6. The van der Waals surface area contributed by atoms with Crippen molar-refractivity contribution in [3.05, 3.63) is 162 Å². The molecular formula is C42H50ClF4N7O4. The first-order chi connectivity index (χ1) is 27.0. The zero-order valence-electron chi connectivity index (χ0n) is 32.7. The second-order valence-corrected chi connectivity index (χ2v) is 14.3. The van der Waals surface area contributed by atoms with Gasteiger partial charge in [-0.1, -0.05) is 6.07 Å². The summed E-state index contributed by atoms with van der Waals surface area (Å²) in [6.07, 6.45) is 8.32. The van der Waals surface area contributed by atoms with Crippen LogP contribution in [-0.2, 0) is 45.2 Å². The molecule has 0 saturated carbocycles. The number of nitrogen functional groups attached to an aromatic ring is 2. The number of nitrogens with one attached hydrogen (secondary N) is 1. The fraction of sp³-hybridized carbons (Fsp3) is 0.333. The largest absolute Gasteiger partial charge is 0.398 e. The van der Waals surface area contributed by atoms with Crippen LogP contribution in [-0.4, -0.2) is 50.7 Å². The van der Waals surface area contributed by atoms with E-state index in [0.29, 0.717) is 42.4 Å². The Kier molecular flexibility index (Phi) is 18.0. The Morgan fingerprint density at radius 1 is 0.638 bits per heavy atom. The molecule has 0 radical (unpaired) electrons. The van der Waals surface area contributed by atoms with Gasteiger partial charge in [0.05, 0.1) is 6.42 Å². The summed E-state index contributed by atoms with van der Waals surface area (Å²) >= 11 is 0. The summed E-state index contributed by atoms with van der Waals surface area (Å²) in [5, 5.41) is 3.23. The highest BCUT2D eigenvalue weighted by Crippen LogP contribution is 2.23.